The van der Waals surface area contributed by atoms with Crippen LogP contribution in [0.1, 0.15) is 29.5 Å². The number of piperidine rings is 1. The van der Waals surface area contributed by atoms with Crippen molar-refractivity contribution >= 4 is 45.6 Å². The monoisotopic (exact) mass is 488 g/mol. The topological polar surface area (TPSA) is 50.4 Å². The van der Waals surface area contributed by atoms with E-state index in [1.54, 1.807) is 6.08 Å². The molecule has 1 aliphatic heterocycles. The standard InChI is InChI=1S/C24H26BrClN2O2/c1-2-11-30-22-13-17(3-4-19-5-6-21(26)15-23(19)25)12-18(14-22)16-28-24(29)20-7-9-27-10-8-20/h2-6,12-15,20,27H,1,7-11,16H2,(H,28,29). The molecule has 2 aromatic rings. The van der Waals surface area contributed by atoms with Gasteiger partial charge in [0.2, 0.25) is 5.91 Å². The highest BCUT2D eigenvalue weighted by Gasteiger charge is 2.20. The maximum atomic E-state index is 12.5. The van der Waals surface area contributed by atoms with Crippen molar-refractivity contribution in [1.82, 2.24) is 10.6 Å². The number of hydrogen-bond acceptors (Lipinski definition) is 3. The molecule has 0 bridgehead atoms. The van der Waals surface area contributed by atoms with Crippen LogP contribution >= 0.6 is 27.5 Å². The quantitative estimate of drug-likeness (QED) is 0.383. The van der Waals surface area contributed by atoms with Crippen molar-refractivity contribution in [2.45, 2.75) is 19.4 Å². The van der Waals surface area contributed by atoms with Gasteiger partial charge in [-0.25, -0.2) is 0 Å². The van der Waals surface area contributed by atoms with Crippen LogP contribution in [0.25, 0.3) is 12.2 Å². The van der Waals surface area contributed by atoms with Crippen molar-refractivity contribution < 1.29 is 9.53 Å². The van der Waals surface area contributed by atoms with E-state index in [-0.39, 0.29) is 11.8 Å². The molecule has 0 aromatic heterocycles. The summed E-state index contributed by atoms with van der Waals surface area (Å²) in [7, 11) is 0. The van der Waals surface area contributed by atoms with Crippen molar-refractivity contribution in [1.29, 1.82) is 0 Å². The second-order valence-electron chi connectivity index (χ2n) is 7.25. The fraction of sp³-hybridized carbons (Fsp3) is 0.292. The molecule has 2 N–H and O–H groups in total. The molecular formula is C24H26BrClN2O2. The van der Waals surface area contributed by atoms with Gasteiger partial charge in [-0.1, -0.05) is 58.4 Å². The van der Waals surface area contributed by atoms with E-state index in [0.29, 0.717) is 18.2 Å². The van der Waals surface area contributed by atoms with E-state index in [9.17, 15) is 4.79 Å². The number of nitrogens with one attached hydrogen (secondary N) is 2. The molecule has 0 aliphatic carbocycles. The Labute approximate surface area is 191 Å². The first kappa shape index (κ1) is 22.6. The Balaban J connectivity index is 1.74. The zero-order chi connectivity index (χ0) is 21.3. The first-order valence-corrected chi connectivity index (χ1v) is 11.2. The summed E-state index contributed by atoms with van der Waals surface area (Å²) in [5, 5.41) is 7.05. The van der Waals surface area contributed by atoms with Gasteiger partial charge in [0.25, 0.3) is 0 Å². The first-order chi connectivity index (χ1) is 14.5. The van der Waals surface area contributed by atoms with Crippen molar-refractivity contribution in [2.24, 2.45) is 5.92 Å². The van der Waals surface area contributed by atoms with E-state index in [1.165, 1.54) is 0 Å². The van der Waals surface area contributed by atoms with Crippen molar-refractivity contribution in [3.05, 3.63) is 75.2 Å². The molecule has 2 aromatic carbocycles. The first-order valence-electron chi connectivity index (χ1n) is 10.0. The van der Waals surface area contributed by atoms with Crippen LogP contribution in [0.2, 0.25) is 5.02 Å². The van der Waals surface area contributed by atoms with Gasteiger partial charge in [0.15, 0.2) is 0 Å². The van der Waals surface area contributed by atoms with E-state index in [4.69, 9.17) is 16.3 Å². The number of ether oxygens (including phenoxy) is 1. The largest absolute Gasteiger partial charge is 0.490 e. The van der Waals surface area contributed by atoms with Crippen LogP contribution in [-0.4, -0.2) is 25.6 Å². The number of rotatable bonds is 8. The van der Waals surface area contributed by atoms with E-state index in [0.717, 1.165) is 52.8 Å². The summed E-state index contributed by atoms with van der Waals surface area (Å²) >= 11 is 9.56. The SMILES string of the molecule is C=CCOc1cc(C=Cc2ccc(Cl)cc2Br)cc(CNC(=O)C2CCNCC2)c1. The predicted octanol–water partition coefficient (Wildman–Crippen LogP) is 5.45. The van der Waals surface area contributed by atoms with Crippen LogP contribution in [-0.2, 0) is 11.3 Å². The molecule has 1 aliphatic rings. The molecule has 0 saturated carbocycles. The number of carbonyl (C=O) groups excluding carboxylic acids is 1. The smallest absolute Gasteiger partial charge is 0.223 e. The minimum Gasteiger partial charge on any atom is -0.490 e. The van der Waals surface area contributed by atoms with E-state index < -0.39 is 0 Å². The lowest BCUT2D eigenvalue weighted by Gasteiger charge is -2.21. The average molecular weight is 490 g/mol. The average Bonchev–Trinajstić information content (AvgIpc) is 2.76. The molecule has 1 fully saturated rings. The van der Waals surface area contributed by atoms with Crippen molar-refractivity contribution in [2.75, 3.05) is 19.7 Å². The molecule has 0 spiro atoms. The Kier molecular flexibility index (Phi) is 8.55. The highest BCUT2D eigenvalue weighted by atomic mass is 79.9. The summed E-state index contributed by atoms with van der Waals surface area (Å²) in [6.45, 7) is 6.41. The maximum absolute atomic E-state index is 12.5. The molecule has 4 nitrogen and oxygen atoms in total. The highest BCUT2D eigenvalue weighted by Crippen LogP contribution is 2.25. The summed E-state index contributed by atoms with van der Waals surface area (Å²) in [5.41, 5.74) is 3.01. The second-order valence-corrected chi connectivity index (χ2v) is 8.54. The van der Waals surface area contributed by atoms with Crippen LogP contribution in [0.5, 0.6) is 5.75 Å². The van der Waals surface area contributed by atoms with Crippen molar-refractivity contribution in [3.63, 3.8) is 0 Å². The molecule has 0 atom stereocenters. The Bertz CT molecular complexity index is 923. The third kappa shape index (κ3) is 6.73. The third-order valence-electron chi connectivity index (χ3n) is 4.95. The van der Waals surface area contributed by atoms with E-state index in [2.05, 4.69) is 39.2 Å². The fourth-order valence-corrected chi connectivity index (χ4v) is 4.18. The molecule has 1 heterocycles. The fourth-order valence-electron chi connectivity index (χ4n) is 3.36. The van der Waals surface area contributed by atoms with Gasteiger partial charge in [-0.15, -0.1) is 0 Å². The molecule has 0 unspecified atom stereocenters. The number of hydrogen-bond donors (Lipinski definition) is 2. The Morgan fingerprint density at radius 3 is 2.77 bits per heavy atom. The van der Waals surface area contributed by atoms with Crippen LogP contribution in [0, 0.1) is 5.92 Å². The lowest BCUT2D eigenvalue weighted by molar-refractivity contribution is -0.125. The maximum Gasteiger partial charge on any atom is 0.223 e. The summed E-state index contributed by atoms with van der Waals surface area (Å²) in [6, 6.07) is 11.7. The zero-order valence-electron chi connectivity index (χ0n) is 16.8. The van der Waals surface area contributed by atoms with Gasteiger partial charge in [-0.2, -0.15) is 0 Å². The normalized spacial score (nSPS) is 14.6. The van der Waals surface area contributed by atoms with Crippen LogP contribution < -0.4 is 15.4 Å². The molecule has 0 radical (unpaired) electrons. The van der Waals surface area contributed by atoms with Gasteiger partial charge in [0.1, 0.15) is 12.4 Å². The molecule has 3 rings (SSSR count). The van der Waals surface area contributed by atoms with Crippen LogP contribution in [0.15, 0.2) is 53.5 Å². The summed E-state index contributed by atoms with van der Waals surface area (Å²) in [5.74, 6) is 0.961. The highest BCUT2D eigenvalue weighted by molar-refractivity contribution is 9.10. The number of benzene rings is 2. The number of carbonyl (C=O) groups is 1. The van der Waals surface area contributed by atoms with Gasteiger partial charge in [-0.05, 0) is 73.0 Å². The predicted molar refractivity (Wildman–Crippen MR) is 128 cm³/mol. The summed E-state index contributed by atoms with van der Waals surface area (Å²) in [6.07, 6.45) is 7.53. The Morgan fingerprint density at radius 2 is 2.03 bits per heavy atom. The minimum atomic E-state index is 0.0908. The lowest BCUT2D eigenvalue weighted by atomic mass is 9.97. The lowest BCUT2D eigenvalue weighted by Crippen LogP contribution is -2.37. The molecular weight excluding hydrogens is 464 g/mol. The van der Waals surface area contributed by atoms with Crippen LogP contribution in [0.4, 0.5) is 0 Å². The molecule has 158 valence electrons. The van der Waals surface area contributed by atoms with Crippen LogP contribution in [0.3, 0.4) is 0 Å². The number of halogens is 2. The minimum absolute atomic E-state index is 0.0908. The van der Waals surface area contributed by atoms with Gasteiger partial charge in [-0.3, -0.25) is 4.79 Å². The van der Waals surface area contributed by atoms with Gasteiger partial charge in [0.05, 0.1) is 0 Å². The summed E-state index contributed by atoms with van der Waals surface area (Å²) in [4.78, 5) is 12.5. The Hall–Kier alpha value is -2.08. The van der Waals surface area contributed by atoms with E-state index in [1.807, 2.05) is 42.5 Å². The van der Waals surface area contributed by atoms with E-state index >= 15 is 0 Å². The van der Waals surface area contributed by atoms with Gasteiger partial charge < -0.3 is 15.4 Å². The zero-order valence-corrected chi connectivity index (χ0v) is 19.1. The van der Waals surface area contributed by atoms with Gasteiger partial charge >= 0.3 is 0 Å². The van der Waals surface area contributed by atoms with Crippen molar-refractivity contribution in [3.8, 4) is 5.75 Å². The van der Waals surface area contributed by atoms with Gasteiger partial charge in [0, 0.05) is 22.0 Å². The molecule has 1 saturated heterocycles. The summed E-state index contributed by atoms with van der Waals surface area (Å²) < 4.78 is 6.68. The third-order valence-corrected chi connectivity index (χ3v) is 5.87. The molecule has 30 heavy (non-hydrogen) atoms. The second kappa shape index (κ2) is 11.3. The number of amides is 1. The molecule has 6 heteroatoms. The molecule has 1 amide bonds. The Morgan fingerprint density at radius 1 is 1.23 bits per heavy atom.